The number of likely N-dealkylation sites (tertiary alicyclic amines) is 1. The van der Waals surface area contributed by atoms with E-state index in [4.69, 9.17) is 4.74 Å². The van der Waals surface area contributed by atoms with Crippen molar-refractivity contribution in [3.8, 4) is 0 Å². The van der Waals surface area contributed by atoms with Crippen LogP contribution in [-0.4, -0.2) is 63.8 Å². The summed E-state index contributed by atoms with van der Waals surface area (Å²) in [6, 6.07) is 11.2. The number of nitrogens with one attached hydrogen (secondary N) is 2. The first kappa shape index (κ1) is 23.2. The Labute approximate surface area is 176 Å². The summed E-state index contributed by atoms with van der Waals surface area (Å²) >= 11 is 0. The Hall–Kier alpha value is -0.860. The van der Waals surface area contributed by atoms with E-state index in [1.807, 2.05) is 7.05 Å². The van der Waals surface area contributed by atoms with Crippen LogP contribution in [0.4, 0.5) is 0 Å². The standard InChI is InChI=1S/C20H34N4O.HI/c1-20(2,17-9-6-5-7-10-17)16-23-19(21-3)22-15-18-11-8-12-24(18)13-14-25-4;/h5-7,9-10,18H,8,11-16H2,1-4H3,(H2,21,22,23);1H. The van der Waals surface area contributed by atoms with Crippen LogP contribution in [0.2, 0.25) is 0 Å². The molecule has 1 heterocycles. The van der Waals surface area contributed by atoms with E-state index in [1.165, 1.54) is 24.9 Å². The van der Waals surface area contributed by atoms with Crippen LogP contribution in [-0.2, 0) is 10.2 Å². The molecule has 1 aromatic rings. The van der Waals surface area contributed by atoms with Crippen molar-refractivity contribution in [1.29, 1.82) is 0 Å². The molecule has 1 aliphatic heterocycles. The average molecular weight is 474 g/mol. The van der Waals surface area contributed by atoms with E-state index in [2.05, 4.69) is 64.7 Å². The lowest BCUT2D eigenvalue weighted by molar-refractivity contribution is 0.141. The van der Waals surface area contributed by atoms with Crippen molar-refractivity contribution in [1.82, 2.24) is 15.5 Å². The number of hydrogen-bond donors (Lipinski definition) is 2. The van der Waals surface area contributed by atoms with E-state index in [-0.39, 0.29) is 29.4 Å². The Morgan fingerprint density at radius 1 is 1.27 bits per heavy atom. The van der Waals surface area contributed by atoms with Crippen LogP contribution in [0.1, 0.15) is 32.3 Å². The van der Waals surface area contributed by atoms with Crippen LogP contribution in [0.3, 0.4) is 0 Å². The first-order valence-corrected chi connectivity index (χ1v) is 9.30. The molecule has 0 radical (unpaired) electrons. The molecule has 2 rings (SSSR count). The number of benzene rings is 1. The van der Waals surface area contributed by atoms with Gasteiger partial charge in [-0.05, 0) is 24.9 Å². The number of nitrogens with zero attached hydrogens (tertiary/aromatic N) is 2. The molecule has 0 saturated carbocycles. The Kier molecular flexibility index (Phi) is 10.5. The van der Waals surface area contributed by atoms with E-state index < -0.39 is 0 Å². The minimum absolute atomic E-state index is 0. The summed E-state index contributed by atoms with van der Waals surface area (Å²) in [5.74, 6) is 0.877. The first-order valence-electron chi connectivity index (χ1n) is 9.30. The molecule has 0 spiro atoms. The molecule has 6 heteroatoms. The van der Waals surface area contributed by atoms with Crippen molar-refractivity contribution in [2.24, 2.45) is 4.99 Å². The van der Waals surface area contributed by atoms with Crippen molar-refractivity contribution < 1.29 is 4.74 Å². The molecular weight excluding hydrogens is 439 g/mol. The van der Waals surface area contributed by atoms with Gasteiger partial charge in [-0.3, -0.25) is 9.89 Å². The van der Waals surface area contributed by atoms with Gasteiger partial charge in [0.05, 0.1) is 6.61 Å². The zero-order valence-electron chi connectivity index (χ0n) is 16.6. The van der Waals surface area contributed by atoms with Crippen LogP contribution in [0, 0.1) is 0 Å². The second-order valence-corrected chi connectivity index (χ2v) is 7.38. The summed E-state index contributed by atoms with van der Waals surface area (Å²) in [5.41, 5.74) is 1.39. The molecule has 2 N–H and O–H groups in total. The lowest BCUT2D eigenvalue weighted by Gasteiger charge is -2.28. The molecule has 0 aromatic heterocycles. The summed E-state index contributed by atoms with van der Waals surface area (Å²) in [5, 5.41) is 6.98. The van der Waals surface area contributed by atoms with Crippen molar-refractivity contribution >= 4 is 29.9 Å². The normalized spacial score (nSPS) is 18.5. The van der Waals surface area contributed by atoms with Gasteiger partial charge in [-0.15, -0.1) is 24.0 Å². The van der Waals surface area contributed by atoms with Gasteiger partial charge in [0.15, 0.2) is 5.96 Å². The van der Waals surface area contributed by atoms with Crippen LogP contribution in [0.15, 0.2) is 35.3 Å². The van der Waals surface area contributed by atoms with Gasteiger partial charge in [-0.1, -0.05) is 44.2 Å². The zero-order valence-corrected chi connectivity index (χ0v) is 19.0. The van der Waals surface area contributed by atoms with Gasteiger partial charge in [0.2, 0.25) is 0 Å². The fourth-order valence-corrected chi connectivity index (χ4v) is 3.36. The minimum Gasteiger partial charge on any atom is -0.383 e. The number of guanidine groups is 1. The minimum atomic E-state index is 0. The SMILES string of the molecule is CN=C(NCC1CCCN1CCOC)NCC(C)(C)c1ccccc1.I. The van der Waals surface area contributed by atoms with Crippen LogP contribution < -0.4 is 10.6 Å². The summed E-state index contributed by atoms with van der Waals surface area (Å²) in [7, 11) is 3.60. The predicted molar refractivity (Wildman–Crippen MR) is 121 cm³/mol. The Bertz CT molecular complexity index is 536. The molecule has 1 fully saturated rings. The van der Waals surface area contributed by atoms with E-state index in [9.17, 15) is 0 Å². The Balaban J connectivity index is 0.00000338. The van der Waals surface area contributed by atoms with E-state index >= 15 is 0 Å². The maximum Gasteiger partial charge on any atom is 0.191 e. The maximum absolute atomic E-state index is 5.22. The fourth-order valence-electron chi connectivity index (χ4n) is 3.36. The summed E-state index contributed by atoms with van der Waals surface area (Å²) in [4.78, 5) is 6.90. The number of rotatable bonds is 8. The molecule has 0 amide bonds. The van der Waals surface area contributed by atoms with Crippen molar-refractivity contribution in [3.05, 3.63) is 35.9 Å². The largest absolute Gasteiger partial charge is 0.383 e. The second-order valence-electron chi connectivity index (χ2n) is 7.38. The van der Waals surface area contributed by atoms with Crippen molar-refractivity contribution in [3.63, 3.8) is 0 Å². The molecule has 0 aliphatic carbocycles. The Morgan fingerprint density at radius 2 is 2.00 bits per heavy atom. The zero-order chi connectivity index (χ0) is 18.1. The summed E-state index contributed by atoms with van der Waals surface area (Å²) in [6.45, 7) is 9.26. The van der Waals surface area contributed by atoms with Crippen LogP contribution in [0.5, 0.6) is 0 Å². The quantitative estimate of drug-likeness (QED) is 0.346. The molecule has 1 aliphatic rings. The molecule has 1 saturated heterocycles. The predicted octanol–water partition coefficient (Wildman–Crippen LogP) is 2.86. The van der Waals surface area contributed by atoms with Crippen molar-refractivity contribution in [2.75, 3.05) is 46.9 Å². The summed E-state index contributed by atoms with van der Waals surface area (Å²) in [6.07, 6.45) is 2.51. The van der Waals surface area contributed by atoms with Gasteiger partial charge >= 0.3 is 0 Å². The van der Waals surface area contributed by atoms with E-state index in [0.29, 0.717) is 6.04 Å². The third kappa shape index (κ3) is 7.04. The highest BCUT2D eigenvalue weighted by Gasteiger charge is 2.24. The summed E-state index contributed by atoms with van der Waals surface area (Å²) < 4.78 is 5.22. The molecule has 5 nitrogen and oxygen atoms in total. The molecule has 1 atom stereocenters. The first-order chi connectivity index (χ1) is 12.1. The van der Waals surface area contributed by atoms with Gasteiger partial charge in [0, 0.05) is 45.2 Å². The molecule has 26 heavy (non-hydrogen) atoms. The van der Waals surface area contributed by atoms with Gasteiger partial charge in [-0.2, -0.15) is 0 Å². The van der Waals surface area contributed by atoms with Gasteiger partial charge in [0.25, 0.3) is 0 Å². The number of methoxy groups -OCH3 is 1. The maximum atomic E-state index is 5.22. The average Bonchev–Trinajstić information content (AvgIpc) is 3.08. The van der Waals surface area contributed by atoms with Crippen LogP contribution in [0.25, 0.3) is 0 Å². The molecular formula is C20H35IN4O. The van der Waals surface area contributed by atoms with Gasteiger partial charge in [0.1, 0.15) is 0 Å². The monoisotopic (exact) mass is 474 g/mol. The lowest BCUT2D eigenvalue weighted by Crippen LogP contribution is -2.48. The molecule has 1 unspecified atom stereocenters. The van der Waals surface area contributed by atoms with Crippen LogP contribution >= 0.6 is 24.0 Å². The molecule has 1 aromatic carbocycles. The third-order valence-corrected chi connectivity index (χ3v) is 5.06. The highest BCUT2D eigenvalue weighted by atomic mass is 127. The number of aliphatic imine (C=N–C) groups is 1. The number of halogens is 1. The lowest BCUT2D eigenvalue weighted by atomic mass is 9.85. The molecule has 0 bridgehead atoms. The van der Waals surface area contributed by atoms with Gasteiger partial charge < -0.3 is 15.4 Å². The smallest absolute Gasteiger partial charge is 0.191 e. The van der Waals surface area contributed by atoms with Gasteiger partial charge in [-0.25, -0.2) is 0 Å². The number of hydrogen-bond acceptors (Lipinski definition) is 3. The number of ether oxygens (including phenoxy) is 1. The second kappa shape index (κ2) is 11.8. The Morgan fingerprint density at radius 3 is 2.65 bits per heavy atom. The van der Waals surface area contributed by atoms with Crippen molar-refractivity contribution in [2.45, 2.75) is 38.1 Å². The van der Waals surface area contributed by atoms with E-state index in [0.717, 1.165) is 32.2 Å². The topological polar surface area (TPSA) is 48.9 Å². The highest BCUT2D eigenvalue weighted by Crippen LogP contribution is 2.21. The molecule has 148 valence electrons. The fraction of sp³-hybridized carbons (Fsp3) is 0.650. The highest BCUT2D eigenvalue weighted by molar-refractivity contribution is 14.0. The van der Waals surface area contributed by atoms with E-state index in [1.54, 1.807) is 7.11 Å². The third-order valence-electron chi connectivity index (χ3n) is 5.06.